The highest BCUT2D eigenvalue weighted by Crippen LogP contribution is 2.21. The molecule has 3 atom stereocenters. The first-order valence-corrected chi connectivity index (χ1v) is 9.74. The van der Waals surface area contributed by atoms with Crippen LogP contribution in [0.5, 0.6) is 0 Å². The van der Waals surface area contributed by atoms with Crippen molar-refractivity contribution in [3.8, 4) is 0 Å². The average molecular weight is 354 g/mol. The van der Waals surface area contributed by atoms with Gasteiger partial charge < -0.3 is 10.1 Å². The maximum Gasteiger partial charge on any atom is 0.251 e. The number of morpholine rings is 1. The number of ether oxygens (including phenoxy) is 1. The van der Waals surface area contributed by atoms with Gasteiger partial charge in [0.25, 0.3) is 5.91 Å². The molecule has 0 radical (unpaired) electrons. The molecular formula is C17H26N2O4S. The fourth-order valence-electron chi connectivity index (χ4n) is 2.66. The Morgan fingerprint density at radius 2 is 1.79 bits per heavy atom. The first-order chi connectivity index (χ1) is 11.2. The van der Waals surface area contributed by atoms with Gasteiger partial charge in [-0.1, -0.05) is 6.92 Å². The van der Waals surface area contributed by atoms with E-state index in [2.05, 4.69) is 5.32 Å². The van der Waals surface area contributed by atoms with E-state index in [1.54, 1.807) is 12.1 Å². The summed E-state index contributed by atoms with van der Waals surface area (Å²) in [5.41, 5.74) is 0.456. The zero-order valence-electron chi connectivity index (χ0n) is 14.7. The van der Waals surface area contributed by atoms with Gasteiger partial charge in [-0.3, -0.25) is 4.79 Å². The van der Waals surface area contributed by atoms with Crippen LogP contribution < -0.4 is 5.32 Å². The molecule has 1 aliphatic rings. The Kier molecular flexibility index (Phi) is 6.01. The number of hydrogen-bond acceptors (Lipinski definition) is 4. The van der Waals surface area contributed by atoms with Gasteiger partial charge in [0, 0.05) is 24.7 Å². The third kappa shape index (κ3) is 4.34. The molecule has 1 saturated heterocycles. The smallest absolute Gasteiger partial charge is 0.251 e. The van der Waals surface area contributed by atoms with Crippen LogP contribution >= 0.6 is 0 Å². The zero-order valence-corrected chi connectivity index (χ0v) is 15.5. The largest absolute Gasteiger partial charge is 0.373 e. The maximum absolute atomic E-state index is 12.8. The van der Waals surface area contributed by atoms with Crippen LogP contribution in [0.15, 0.2) is 29.2 Å². The quantitative estimate of drug-likeness (QED) is 0.878. The standard InChI is InChI=1S/C17H26N2O4S/c1-5-12(2)18-17(20)15-6-8-16(9-7-15)24(21,22)19-10-13(3)23-14(4)11-19/h6-9,12-14H,5,10-11H2,1-4H3,(H,18,20)/t12-,13+,14+/m0/s1. The Morgan fingerprint density at radius 3 is 2.29 bits per heavy atom. The summed E-state index contributed by atoms with van der Waals surface area (Å²) in [6, 6.07) is 6.17. The molecule has 0 bridgehead atoms. The van der Waals surface area contributed by atoms with E-state index in [0.29, 0.717) is 18.7 Å². The minimum Gasteiger partial charge on any atom is -0.373 e. The highest BCUT2D eigenvalue weighted by atomic mass is 32.2. The summed E-state index contributed by atoms with van der Waals surface area (Å²) in [5, 5.41) is 2.86. The Labute approximate surface area is 144 Å². The summed E-state index contributed by atoms with van der Waals surface area (Å²) < 4.78 is 32.5. The second-order valence-corrected chi connectivity index (χ2v) is 8.32. The number of carbonyl (C=O) groups excluding carboxylic acids is 1. The molecule has 134 valence electrons. The summed E-state index contributed by atoms with van der Waals surface area (Å²) in [4.78, 5) is 12.3. The number of amides is 1. The lowest BCUT2D eigenvalue weighted by Crippen LogP contribution is -2.48. The van der Waals surface area contributed by atoms with Crippen molar-refractivity contribution in [2.75, 3.05) is 13.1 Å². The lowest BCUT2D eigenvalue weighted by molar-refractivity contribution is -0.0440. The van der Waals surface area contributed by atoms with E-state index in [1.807, 2.05) is 27.7 Å². The molecule has 0 spiro atoms. The Morgan fingerprint density at radius 1 is 1.25 bits per heavy atom. The Balaban J connectivity index is 2.16. The van der Waals surface area contributed by atoms with Crippen molar-refractivity contribution < 1.29 is 17.9 Å². The van der Waals surface area contributed by atoms with Gasteiger partial charge in [-0.15, -0.1) is 0 Å². The topological polar surface area (TPSA) is 75.7 Å². The van der Waals surface area contributed by atoms with E-state index < -0.39 is 10.0 Å². The molecule has 6 nitrogen and oxygen atoms in total. The van der Waals surface area contributed by atoms with Gasteiger partial charge in [-0.2, -0.15) is 4.31 Å². The second kappa shape index (κ2) is 7.63. The molecule has 0 saturated carbocycles. The number of hydrogen-bond donors (Lipinski definition) is 1. The van der Waals surface area contributed by atoms with Gasteiger partial charge in [0.15, 0.2) is 0 Å². The van der Waals surface area contributed by atoms with Crippen LogP contribution in [0.2, 0.25) is 0 Å². The zero-order chi connectivity index (χ0) is 17.9. The monoisotopic (exact) mass is 354 g/mol. The molecular weight excluding hydrogens is 328 g/mol. The van der Waals surface area contributed by atoms with E-state index in [0.717, 1.165) is 6.42 Å². The minimum absolute atomic E-state index is 0.0808. The van der Waals surface area contributed by atoms with Crippen LogP contribution in [-0.4, -0.2) is 50.0 Å². The van der Waals surface area contributed by atoms with Crippen molar-refractivity contribution in [3.63, 3.8) is 0 Å². The lowest BCUT2D eigenvalue weighted by atomic mass is 10.2. The molecule has 1 aliphatic heterocycles. The minimum atomic E-state index is -3.58. The number of carbonyl (C=O) groups is 1. The molecule has 1 aromatic carbocycles. The van der Waals surface area contributed by atoms with Crippen molar-refractivity contribution in [2.45, 2.75) is 57.3 Å². The van der Waals surface area contributed by atoms with Gasteiger partial charge in [-0.05, 0) is 51.5 Å². The van der Waals surface area contributed by atoms with Gasteiger partial charge in [0.2, 0.25) is 10.0 Å². The number of nitrogens with zero attached hydrogens (tertiary/aromatic N) is 1. The Bertz CT molecular complexity index is 662. The molecule has 1 aromatic rings. The van der Waals surface area contributed by atoms with E-state index in [4.69, 9.17) is 4.74 Å². The summed E-state index contributed by atoms with van der Waals surface area (Å²) in [5.74, 6) is -0.193. The number of rotatable bonds is 5. The summed E-state index contributed by atoms with van der Waals surface area (Å²) in [6.45, 7) is 8.31. The molecule has 1 N–H and O–H groups in total. The molecule has 1 fully saturated rings. The van der Waals surface area contributed by atoms with Crippen molar-refractivity contribution in [2.24, 2.45) is 0 Å². The summed E-state index contributed by atoms with van der Waals surface area (Å²) >= 11 is 0. The molecule has 7 heteroatoms. The van der Waals surface area contributed by atoms with E-state index >= 15 is 0 Å². The first kappa shape index (κ1) is 18.9. The van der Waals surface area contributed by atoms with Crippen LogP contribution in [0.3, 0.4) is 0 Å². The molecule has 1 amide bonds. The van der Waals surface area contributed by atoms with Crippen molar-refractivity contribution in [3.05, 3.63) is 29.8 Å². The van der Waals surface area contributed by atoms with E-state index in [1.165, 1.54) is 16.4 Å². The third-order valence-electron chi connectivity index (χ3n) is 4.13. The van der Waals surface area contributed by atoms with Gasteiger partial charge in [-0.25, -0.2) is 8.42 Å². The van der Waals surface area contributed by atoms with Crippen LogP contribution in [0.1, 0.15) is 44.5 Å². The van der Waals surface area contributed by atoms with E-state index in [-0.39, 0.29) is 29.1 Å². The summed E-state index contributed by atoms with van der Waals surface area (Å²) in [6.07, 6.45) is 0.569. The third-order valence-corrected chi connectivity index (χ3v) is 5.98. The predicted octanol–water partition coefficient (Wildman–Crippen LogP) is 2.01. The first-order valence-electron chi connectivity index (χ1n) is 8.30. The molecule has 1 heterocycles. The Hall–Kier alpha value is -1.44. The highest BCUT2D eigenvalue weighted by molar-refractivity contribution is 7.89. The maximum atomic E-state index is 12.8. The molecule has 0 unspecified atom stereocenters. The average Bonchev–Trinajstić information content (AvgIpc) is 2.53. The summed E-state index contributed by atoms with van der Waals surface area (Å²) in [7, 11) is -3.58. The van der Waals surface area contributed by atoms with Crippen molar-refractivity contribution in [1.29, 1.82) is 0 Å². The SMILES string of the molecule is CC[C@H](C)NC(=O)c1ccc(S(=O)(=O)N2C[C@@H](C)O[C@H](C)C2)cc1. The fraction of sp³-hybridized carbons (Fsp3) is 0.588. The highest BCUT2D eigenvalue weighted by Gasteiger charge is 2.32. The normalized spacial score (nSPS) is 23.7. The van der Waals surface area contributed by atoms with Gasteiger partial charge in [0.05, 0.1) is 17.1 Å². The van der Waals surface area contributed by atoms with Crippen molar-refractivity contribution >= 4 is 15.9 Å². The van der Waals surface area contributed by atoms with Gasteiger partial charge >= 0.3 is 0 Å². The van der Waals surface area contributed by atoms with Crippen molar-refractivity contribution in [1.82, 2.24) is 9.62 Å². The van der Waals surface area contributed by atoms with Crippen LogP contribution in [-0.2, 0) is 14.8 Å². The van der Waals surface area contributed by atoms with Crippen LogP contribution in [0.4, 0.5) is 0 Å². The predicted molar refractivity (Wildman–Crippen MR) is 92.4 cm³/mol. The van der Waals surface area contributed by atoms with E-state index in [9.17, 15) is 13.2 Å². The molecule has 2 rings (SSSR count). The van der Waals surface area contributed by atoms with Crippen LogP contribution in [0, 0.1) is 0 Å². The number of nitrogens with one attached hydrogen (secondary N) is 1. The second-order valence-electron chi connectivity index (χ2n) is 6.39. The lowest BCUT2D eigenvalue weighted by Gasteiger charge is -2.34. The van der Waals surface area contributed by atoms with Gasteiger partial charge in [0.1, 0.15) is 0 Å². The molecule has 0 aliphatic carbocycles. The molecule has 24 heavy (non-hydrogen) atoms. The number of benzene rings is 1. The number of sulfonamides is 1. The fourth-order valence-corrected chi connectivity index (χ4v) is 4.25. The van der Waals surface area contributed by atoms with Crippen LogP contribution in [0.25, 0.3) is 0 Å². The molecule has 0 aromatic heterocycles.